The van der Waals surface area contributed by atoms with Crippen LogP contribution in [0.2, 0.25) is 0 Å². The van der Waals surface area contributed by atoms with E-state index in [4.69, 9.17) is 0 Å². The zero-order valence-corrected chi connectivity index (χ0v) is 13.2. The average molecular weight is 288 g/mol. The molecule has 1 aliphatic rings. The zero-order chi connectivity index (χ0) is 14.9. The first-order valence-corrected chi connectivity index (χ1v) is 8.28. The van der Waals surface area contributed by atoms with Crippen LogP contribution in [0.15, 0.2) is 24.3 Å². The Morgan fingerprint density at radius 2 is 2.05 bits per heavy atom. The lowest BCUT2D eigenvalue weighted by Crippen LogP contribution is -2.33. The van der Waals surface area contributed by atoms with E-state index in [0.717, 1.165) is 25.9 Å². The minimum atomic E-state index is 0.176. The maximum atomic E-state index is 11.8. The lowest BCUT2D eigenvalue weighted by molar-refractivity contribution is -0.121. The first-order chi connectivity index (χ1) is 10.2. The first kappa shape index (κ1) is 16.0. The van der Waals surface area contributed by atoms with E-state index < -0.39 is 0 Å². The van der Waals surface area contributed by atoms with Crippen LogP contribution in [0.4, 0.5) is 0 Å². The number of carbonyl (C=O) groups is 1. The van der Waals surface area contributed by atoms with Crippen LogP contribution < -0.4 is 5.32 Å². The molecule has 0 aromatic heterocycles. The highest BCUT2D eigenvalue weighted by Gasteiger charge is 2.09. The van der Waals surface area contributed by atoms with E-state index in [9.17, 15) is 4.79 Å². The molecule has 1 aliphatic heterocycles. The molecule has 21 heavy (non-hydrogen) atoms. The highest BCUT2D eigenvalue weighted by Crippen LogP contribution is 2.08. The van der Waals surface area contributed by atoms with Gasteiger partial charge in [-0.05, 0) is 57.8 Å². The SMILES string of the molecule is Cc1cccc(CCC(=O)NCCCN2CCCCC2)c1. The van der Waals surface area contributed by atoms with Crippen LogP contribution in [-0.4, -0.2) is 37.0 Å². The molecule has 1 saturated heterocycles. The molecule has 0 bridgehead atoms. The third-order valence-corrected chi connectivity index (χ3v) is 4.15. The first-order valence-electron chi connectivity index (χ1n) is 8.28. The van der Waals surface area contributed by atoms with E-state index in [2.05, 4.69) is 41.4 Å². The fourth-order valence-corrected chi connectivity index (χ4v) is 2.93. The van der Waals surface area contributed by atoms with Crippen molar-refractivity contribution in [1.29, 1.82) is 0 Å². The maximum Gasteiger partial charge on any atom is 0.220 e. The number of likely N-dealkylation sites (tertiary alicyclic amines) is 1. The Morgan fingerprint density at radius 1 is 1.24 bits per heavy atom. The van der Waals surface area contributed by atoms with E-state index in [0.29, 0.717) is 6.42 Å². The second-order valence-electron chi connectivity index (χ2n) is 6.09. The highest BCUT2D eigenvalue weighted by atomic mass is 16.1. The largest absolute Gasteiger partial charge is 0.356 e. The van der Waals surface area contributed by atoms with E-state index in [1.54, 1.807) is 0 Å². The van der Waals surface area contributed by atoms with Gasteiger partial charge in [0.2, 0.25) is 5.91 Å². The fourth-order valence-electron chi connectivity index (χ4n) is 2.93. The summed E-state index contributed by atoms with van der Waals surface area (Å²) in [7, 11) is 0. The summed E-state index contributed by atoms with van der Waals surface area (Å²) < 4.78 is 0. The van der Waals surface area contributed by atoms with Crippen LogP contribution in [-0.2, 0) is 11.2 Å². The van der Waals surface area contributed by atoms with Gasteiger partial charge in [-0.1, -0.05) is 36.2 Å². The second kappa shape index (κ2) is 8.83. The number of piperidine rings is 1. The van der Waals surface area contributed by atoms with Crippen LogP contribution in [0.1, 0.15) is 43.2 Å². The van der Waals surface area contributed by atoms with Crippen LogP contribution in [0.3, 0.4) is 0 Å². The van der Waals surface area contributed by atoms with Crippen molar-refractivity contribution in [2.75, 3.05) is 26.2 Å². The quantitative estimate of drug-likeness (QED) is 0.782. The Morgan fingerprint density at radius 3 is 2.81 bits per heavy atom. The Balaban J connectivity index is 1.55. The van der Waals surface area contributed by atoms with Gasteiger partial charge in [0, 0.05) is 13.0 Å². The summed E-state index contributed by atoms with van der Waals surface area (Å²) in [5.41, 5.74) is 2.51. The second-order valence-corrected chi connectivity index (χ2v) is 6.09. The van der Waals surface area contributed by atoms with Crippen LogP contribution >= 0.6 is 0 Å². The standard InChI is InChI=1S/C18H28N2O/c1-16-7-5-8-17(15-16)9-10-18(21)19-11-6-14-20-12-3-2-4-13-20/h5,7-8,15H,2-4,6,9-14H2,1H3,(H,19,21). The van der Waals surface area contributed by atoms with Crippen molar-refractivity contribution in [3.05, 3.63) is 35.4 Å². The third-order valence-electron chi connectivity index (χ3n) is 4.15. The number of nitrogens with zero attached hydrogens (tertiary/aromatic N) is 1. The number of nitrogens with one attached hydrogen (secondary N) is 1. The van der Waals surface area contributed by atoms with Crippen LogP contribution in [0.5, 0.6) is 0 Å². The smallest absolute Gasteiger partial charge is 0.220 e. The predicted molar refractivity (Wildman–Crippen MR) is 87.4 cm³/mol. The molecular formula is C18H28N2O. The third kappa shape index (κ3) is 6.30. The van der Waals surface area contributed by atoms with Crippen molar-refractivity contribution < 1.29 is 4.79 Å². The predicted octanol–water partition coefficient (Wildman–Crippen LogP) is 2.92. The van der Waals surface area contributed by atoms with Crippen molar-refractivity contribution in [2.45, 2.75) is 45.4 Å². The highest BCUT2D eigenvalue weighted by molar-refractivity contribution is 5.76. The number of carbonyl (C=O) groups excluding carboxylic acids is 1. The molecule has 0 radical (unpaired) electrons. The van der Waals surface area contributed by atoms with Crippen molar-refractivity contribution in [2.24, 2.45) is 0 Å². The van der Waals surface area contributed by atoms with E-state index >= 15 is 0 Å². The van der Waals surface area contributed by atoms with Gasteiger partial charge in [-0.15, -0.1) is 0 Å². The van der Waals surface area contributed by atoms with Gasteiger partial charge in [0.15, 0.2) is 0 Å². The molecule has 3 heteroatoms. The molecule has 0 atom stereocenters. The van der Waals surface area contributed by atoms with E-state index in [1.807, 2.05) is 0 Å². The molecule has 1 N–H and O–H groups in total. The average Bonchev–Trinajstić information content (AvgIpc) is 2.51. The fraction of sp³-hybridized carbons (Fsp3) is 0.611. The summed E-state index contributed by atoms with van der Waals surface area (Å²) in [5.74, 6) is 0.176. The number of aryl methyl sites for hydroxylation is 2. The van der Waals surface area contributed by atoms with Crippen molar-refractivity contribution in [3.63, 3.8) is 0 Å². The number of amides is 1. The monoisotopic (exact) mass is 288 g/mol. The lowest BCUT2D eigenvalue weighted by Gasteiger charge is -2.26. The Bertz CT molecular complexity index is 439. The molecule has 3 nitrogen and oxygen atoms in total. The Hall–Kier alpha value is -1.35. The molecule has 0 saturated carbocycles. The molecule has 1 amide bonds. The van der Waals surface area contributed by atoms with Crippen molar-refractivity contribution in [1.82, 2.24) is 10.2 Å². The molecule has 1 heterocycles. The van der Waals surface area contributed by atoms with Gasteiger partial charge in [0.1, 0.15) is 0 Å². The summed E-state index contributed by atoms with van der Waals surface area (Å²) in [6, 6.07) is 8.39. The minimum absolute atomic E-state index is 0.176. The summed E-state index contributed by atoms with van der Waals surface area (Å²) in [6.07, 6.45) is 6.54. The molecule has 0 unspecified atom stereocenters. The molecule has 1 aromatic carbocycles. The summed E-state index contributed by atoms with van der Waals surface area (Å²) in [4.78, 5) is 14.3. The molecule has 2 rings (SSSR count). The van der Waals surface area contributed by atoms with Gasteiger partial charge in [-0.2, -0.15) is 0 Å². The zero-order valence-electron chi connectivity index (χ0n) is 13.2. The molecule has 0 spiro atoms. The van der Waals surface area contributed by atoms with Gasteiger partial charge in [0.25, 0.3) is 0 Å². The minimum Gasteiger partial charge on any atom is -0.356 e. The van der Waals surface area contributed by atoms with Gasteiger partial charge in [0.05, 0.1) is 0 Å². The van der Waals surface area contributed by atoms with E-state index in [-0.39, 0.29) is 5.91 Å². The number of hydrogen-bond acceptors (Lipinski definition) is 2. The maximum absolute atomic E-state index is 11.8. The van der Waals surface area contributed by atoms with Crippen molar-refractivity contribution >= 4 is 5.91 Å². The lowest BCUT2D eigenvalue weighted by atomic mass is 10.1. The van der Waals surface area contributed by atoms with Gasteiger partial charge in [-0.25, -0.2) is 0 Å². The molecule has 0 aliphatic carbocycles. The summed E-state index contributed by atoms with van der Waals surface area (Å²) in [5, 5.41) is 3.04. The molecule has 116 valence electrons. The Kier molecular flexibility index (Phi) is 6.74. The van der Waals surface area contributed by atoms with Crippen LogP contribution in [0, 0.1) is 6.92 Å². The molecule has 1 aromatic rings. The normalized spacial score (nSPS) is 15.9. The van der Waals surface area contributed by atoms with Gasteiger partial charge < -0.3 is 10.2 Å². The number of rotatable bonds is 7. The number of benzene rings is 1. The van der Waals surface area contributed by atoms with Gasteiger partial charge in [-0.3, -0.25) is 4.79 Å². The molecular weight excluding hydrogens is 260 g/mol. The molecule has 1 fully saturated rings. The van der Waals surface area contributed by atoms with E-state index in [1.165, 1.54) is 43.5 Å². The number of hydrogen-bond donors (Lipinski definition) is 1. The summed E-state index contributed by atoms with van der Waals surface area (Å²) in [6.45, 7) is 6.49. The van der Waals surface area contributed by atoms with Crippen molar-refractivity contribution in [3.8, 4) is 0 Å². The van der Waals surface area contributed by atoms with Gasteiger partial charge >= 0.3 is 0 Å². The topological polar surface area (TPSA) is 32.3 Å². The summed E-state index contributed by atoms with van der Waals surface area (Å²) >= 11 is 0. The Labute approximate surface area is 128 Å². The van der Waals surface area contributed by atoms with Crippen LogP contribution in [0.25, 0.3) is 0 Å².